The summed E-state index contributed by atoms with van der Waals surface area (Å²) in [6.07, 6.45) is 1.82. The zero-order valence-electron chi connectivity index (χ0n) is 9.58. The molecule has 0 aromatic carbocycles. The number of carbonyl (C=O) groups is 1. The SMILES string of the molecule is CCCN(CC(=O)O)S(=O)(=O)c1cnc(C)s1. The van der Waals surface area contributed by atoms with Gasteiger partial charge in [-0.2, -0.15) is 4.31 Å². The molecule has 0 saturated carbocycles. The lowest BCUT2D eigenvalue weighted by Gasteiger charge is -2.17. The smallest absolute Gasteiger partial charge is 0.318 e. The van der Waals surface area contributed by atoms with Gasteiger partial charge in [0.15, 0.2) is 4.21 Å². The predicted octanol–water partition coefficient (Wildman–Crippen LogP) is 0.937. The highest BCUT2D eigenvalue weighted by atomic mass is 32.2. The van der Waals surface area contributed by atoms with Crippen LogP contribution in [0.4, 0.5) is 0 Å². The summed E-state index contributed by atoms with van der Waals surface area (Å²) in [6.45, 7) is 3.16. The number of carboxylic acids is 1. The lowest BCUT2D eigenvalue weighted by Crippen LogP contribution is -2.35. The number of aromatic nitrogens is 1. The maximum Gasteiger partial charge on any atom is 0.318 e. The van der Waals surface area contributed by atoms with Crippen molar-refractivity contribution in [1.82, 2.24) is 9.29 Å². The van der Waals surface area contributed by atoms with Crippen LogP contribution in [0.5, 0.6) is 0 Å². The van der Waals surface area contributed by atoms with Crippen molar-refractivity contribution in [1.29, 1.82) is 0 Å². The van der Waals surface area contributed by atoms with E-state index in [9.17, 15) is 13.2 Å². The Morgan fingerprint density at radius 2 is 2.24 bits per heavy atom. The number of sulfonamides is 1. The maximum atomic E-state index is 12.1. The molecule has 0 fully saturated rings. The number of aliphatic carboxylic acids is 1. The molecular formula is C9H14N2O4S2. The van der Waals surface area contributed by atoms with Gasteiger partial charge in [-0.1, -0.05) is 6.92 Å². The van der Waals surface area contributed by atoms with E-state index in [4.69, 9.17) is 5.11 Å². The molecule has 0 unspecified atom stereocenters. The van der Waals surface area contributed by atoms with Crippen molar-refractivity contribution in [3.05, 3.63) is 11.2 Å². The Morgan fingerprint density at radius 3 is 2.65 bits per heavy atom. The largest absolute Gasteiger partial charge is 0.480 e. The van der Waals surface area contributed by atoms with E-state index >= 15 is 0 Å². The van der Waals surface area contributed by atoms with Crippen molar-refractivity contribution >= 4 is 27.3 Å². The normalized spacial score (nSPS) is 11.9. The second-order valence-corrected chi connectivity index (χ2v) is 6.83. The van der Waals surface area contributed by atoms with Gasteiger partial charge in [-0.25, -0.2) is 13.4 Å². The van der Waals surface area contributed by atoms with E-state index in [1.165, 1.54) is 6.20 Å². The fraction of sp³-hybridized carbons (Fsp3) is 0.556. The summed E-state index contributed by atoms with van der Waals surface area (Å²) in [7, 11) is -3.73. The zero-order chi connectivity index (χ0) is 13.1. The third-order valence-corrected chi connectivity index (χ3v) is 5.17. The van der Waals surface area contributed by atoms with Gasteiger partial charge in [0.25, 0.3) is 10.0 Å². The Balaban J connectivity index is 3.03. The van der Waals surface area contributed by atoms with E-state index in [1.54, 1.807) is 13.8 Å². The number of hydrogen-bond acceptors (Lipinski definition) is 5. The van der Waals surface area contributed by atoms with Crippen molar-refractivity contribution in [3.8, 4) is 0 Å². The molecule has 1 aromatic heterocycles. The van der Waals surface area contributed by atoms with Gasteiger partial charge >= 0.3 is 5.97 Å². The standard InChI is InChI=1S/C9H14N2O4S2/c1-3-4-11(6-8(12)13)17(14,15)9-5-10-7(2)16-9/h5H,3-4,6H2,1-2H3,(H,12,13). The van der Waals surface area contributed by atoms with Crippen LogP contribution in [0.25, 0.3) is 0 Å². The second-order valence-electron chi connectivity index (χ2n) is 3.43. The number of hydrogen-bond donors (Lipinski definition) is 1. The predicted molar refractivity (Wildman–Crippen MR) is 63.5 cm³/mol. The minimum atomic E-state index is -3.73. The minimum absolute atomic E-state index is 0.0877. The first-order valence-corrected chi connectivity index (χ1v) is 7.28. The molecule has 1 heterocycles. The highest BCUT2D eigenvalue weighted by Gasteiger charge is 2.27. The number of rotatable bonds is 6. The van der Waals surface area contributed by atoms with Gasteiger partial charge < -0.3 is 5.11 Å². The highest BCUT2D eigenvalue weighted by Crippen LogP contribution is 2.22. The van der Waals surface area contributed by atoms with Gasteiger partial charge in [-0.15, -0.1) is 11.3 Å². The molecule has 0 aliphatic heterocycles. The van der Waals surface area contributed by atoms with Gasteiger partial charge in [-0.3, -0.25) is 4.79 Å². The topological polar surface area (TPSA) is 87.6 Å². The quantitative estimate of drug-likeness (QED) is 0.836. The minimum Gasteiger partial charge on any atom is -0.480 e. The van der Waals surface area contributed by atoms with Crippen LogP contribution >= 0.6 is 11.3 Å². The van der Waals surface area contributed by atoms with Gasteiger partial charge in [0, 0.05) is 6.54 Å². The van der Waals surface area contributed by atoms with Crippen LogP contribution in [0, 0.1) is 6.92 Å². The highest BCUT2D eigenvalue weighted by molar-refractivity contribution is 7.91. The van der Waals surface area contributed by atoms with Crippen LogP contribution in [0.3, 0.4) is 0 Å². The van der Waals surface area contributed by atoms with Crippen molar-refractivity contribution in [2.24, 2.45) is 0 Å². The Bertz CT molecular complexity index is 495. The molecule has 0 spiro atoms. The first-order chi connectivity index (χ1) is 7.87. The second kappa shape index (κ2) is 5.56. The summed E-state index contributed by atoms with van der Waals surface area (Å²) in [6, 6.07) is 0. The van der Waals surface area contributed by atoms with Crippen molar-refractivity contribution in [2.75, 3.05) is 13.1 Å². The molecular weight excluding hydrogens is 264 g/mol. The van der Waals surface area contributed by atoms with Gasteiger partial charge in [0.1, 0.15) is 6.54 Å². The third kappa shape index (κ3) is 3.48. The lowest BCUT2D eigenvalue weighted by molar-refractivity contribution is -0.137. The zero-order valence-corrected chi connectivity index (χ0v) is 11.2. The molecule has 0 saturated heterocycles. The van der Waals surface area contributed by atoms with E-state index in [-0.39, 0.29) is 10.8 Å². The molecule has 0 aliphatic rings. The number of carboxylic acid groups (broad SMARTS) is 1. The molecule has 17 heavy (non-hydrogen) atoms. The van der Waals surface area contributed by atoms with Crippen LogP contribution < -0.4 is 0 Å². The van der Waals surface area contributed by atoms with Gasteiger partial charge in [-0.05, 0) is 13.3 Å². The Hall–Kier alpha value is -0.990. The summed E-state index contributed by atoms with van der Waals surface area (Å²) in [5.41, 5.74) is 0. The van der Waals surface area contributed by atoms with Gasteiger partial charge in [0.2, 0.25) is 0 Å². The van der Waals surface area contributed by atoms with Crippen LogP contribution in [0.15, 0.2) is 10.4 Å². The van der Waals surface area contributed by atoms with Crippen LogP contribution in [0.2, 0.25) is 0 Å². The molecule has 96 valence electrons. The molecule has 0 amide bonds. The Labute approximate surface area is 104 Å². The molecule has 0 atom stereocenters. The molecule has 0 bridgehead atoms. The molecule has 1 N–H and O–H groups in total. The van der Waals surface area contributed by atoms with E-state index in [0.717, 1.165) is 15.6 Å². The Morgan fingerprint density at radius 1 is 1.59 bits per heavy atom. The third-order valence-electron chi connectivity index (χ3n) is 1.98. The first kappa shape index (κ1) is 14.1. The Kier molecular flexibility index (Phi) is 4.61. The monoisotopic (exact) mass is 278 g/mol. The van der Waals surface area contributed by atoms with Crippen molar-refractivity contribution in [3.63, 3.8) is 0 Å². The summed E-state index contributed by atoms with van der Waals surface area (Å²) in [5.74, 6) is -1.16. The molecule has 8 heteroatoms. The van der Waals surface area contributed by atoms with Gasteiger partial charge in [0.05, 0.1) is 11.2 Å². The van der Waals surface area contributed by atoms with E-state index in [1.807, 2.05) is 0 Å². The molecule has 0 aliphatic carbocycles. The van der Waals surface area contributed by atoms with Crippen molar-refractivity contribution < 1.29 is 18.3 Å². The molecule has 6 nitrogen and oxygen atoms in total. The summed E-state index contributed by atoms with van der Waals surface area (Å²) in [5, 5.41) is 9.34. The van der Waals surface area contributed by atoms with Crippen LogP contribution in [-0.4, -0.2) is 41.9 Å². The van der Waals surface area contributed by atoms with E-state index in [2.05, 4.69) is 4.98 Å². The fourth-order valence-electron chi connectivity index (χ4n) is 1.27. The van der Waals surface area contributed by atoms with E-state index < -0.39 is 22.5 Å². The number of nitrogens with zero attached hydrogens (tertiary/aromatic N) is 2. The number of thiazole rings is 1. The average Bonchev–Trinajstić information content (AvgIpc) is 2.64. The van der Waals surface area contributed by atoms with Crippen LogP contribution in [0.1, 0.15) is 18.4 Å². The fourth-order valence-corrected chi connectivity index (χ4v) is 4.02. The van der Waals surface area contributed by atoms with Crippen molar-refractivity contribution in [2.45, 2.75) is 24.5 Å². The first-order valence-electron chi connectivity index (χ1n) is 5.02. The number of aryl methyl sites for hydroxylation is 1. The molecule has 1 aromatic rings. The summed E-state index contributed by atoms with van der Waals surface area (Å²) >= 11 is 1.04. The maximum absolute atomic E-state index is 12.1. The lowest BCUT2D eigenvalue weighted by atomic mass is 10.5. The van der Waals surface area contributed by atoms with E-state index in [0.29, 0.717) is 11.4 Å². The van der Waals surface area contributed by atoms with Crippen LogP contribution in [-0.2, 0) is 14.8 Å². The summed E-state index contributed by atoms with van der Waals surface area (Å²) in [4.78, 5) is 14.5. The molecule has 1 rings (SSSR count). The summed E-state index contributed by atoms with van der Waals surface area (Å²) < 4.78 is 25.3. The average molecular weight is 278 g/mol. The molecule has 0 radical (unpaired) electrons.